The number of carboxylic acid groups (broad SMARTS) is 1. The molecule has 3 rings (SSSR count). The van der Waals surface area contributed by atoms with Crippen molar-refractivity contribution in [1.29, 1.82) is 0 Å². The molecule has 1 saturated carbocycles. The number of nitrogens with zero attached hydrogens (tertiary/aromatic N) is 1. The van der Waals surface area contributed by atoms with Crippen molar-refractivity contribution in [2.75, 3.05) is 13.1 Å². The maximum Gasteiger partial charge on any atom is 0.306 e. The summed E-state index contributed by atoms with van der Waals surface area (Å²) in [6.45, 7) is 5.34. The molecule has 2 bridgehead atoms. The van der Waals surface area contributed by atoms with Gasteiger partial charge in [0.25, 0.3) is 0 Å². The Morgan fingerprint density at radius 2 is 2.10 bits per heavy atom. The number of rotatable bonds is 4. The van der Waals surface area contributed by atoms with Gasteiger partial charge in [-0.2, -0.15) is 0 Å². The van der Waals surface area contributed by atoms with Crippen molar-refractivity contribution in [3.8, 4) is 0 Å². The van der Waals surface area contributed by atoms with Crippen LogP contribution in [-0.2, 0) is 11.3 Å². The zero-order chi connectivity index (χ0) is 14.9. The molecule has 2 fully saturated rings. The summed E-state index contributed by atoms with van der Waals surface area (Å²) >= 11 is 0. The minimum absolute atomic E-state index is 0.123. The van der Waals surface area contributed by atoms with Gasteiger partial charge in [0, 0.05) is 19.6 Å². The molecule has 0 radical (unpaired) electrons. The average molecular weight is 287 g/mol. The van der Waals surface area contributed by atoms with Gasteiger partial charge < -0.3 is 5.11 Å². The lowest BCUT2D eigenvalue weighted by molar-refractivity contribution is -0.148. The van der Waals surface area contributed by atoms with Crippen LogP contribution < -0.4 is 0 Å². The number of carboxylic acids is 1. The van der Waals surface area contributed by atoms with E-state index >= 15 is 0 Å². The quantitative estimate of drug-likeness (QED) is 0.922. The summed E-state index contributed by atoms with van der Waals surface area (Å²) in [5.41, 5.74) is 1.58. The van der Waals surface area contributed by atoms with Crippen LogP contribution in [0.4, 0.5) is 0 Å². The van der Waals surface area contributed by atoms with Crippen molar-refractivity contribution >= 4 is 5.97 Å². The van der Waals surface area contributed by atoms with E-state index in [1.54, 1.807) is 0 Å². The van der Waals surface area contributed by atoms with Crippen molar-refractivity contribution in [1.82, 2.24) is 4.90 Å². The second-order valence-electron chi connectivity index (χ2n) is 7.05. The largest absolute Gasteiger partial charge is 0.481 e. The van der Waals surface area contributed by atoms with Crippen molar-refractivity contribution in [2.24, 2.45) is 17.3 Å². The van der Waals surface area contributed by atoms with E-state index < -0.39 is 5.97 Å². The first-order valence-corrected chi connectivity index (χ1v) is 8.09. The molecule has 114 valence electrons. The third kappa shape index (κ3) is 3.13. The molecule has 3 nitrogen and oxygen atoms in total. The molecule has 1 aliphatic carbocycles. The van der Waals surface area contributed by atoms with Crippen LogP contribution in [0.25, 0.3) is 0 Å². The summed E-state index contributed by atoms with van der Waals surface area (Å²) in [7, 11) is 0. The topological polar surface area (TPSA) is 40.5 Å². The molecule has 3 atom stereocenters. The first-order valence-electron chi connectivity index (χ1n) is 8.09. The first-order chi connectivity index (χ1) is 10.1. The van der Waals surface area contributed by atoms with Crippen molar-refractivity contribution in [3.63, 3.8) is 0 Å². The SMILES string of the molecule is CCC12CC(CC(C(=O)O)C1)CN(Cc1ccccc1)C2. The number of hydrogen-bond acceptors (Lipinski definition) is 2. The number of piperidine rings is 1. The van der Waals surface area contributed by atoms with E-state index in [4.69, 9.17) is 0 Å². The molecule has 1 aliphatic heterocycles. The van der Waals surface area contributed by atoms with E-state index in [-0.39, 0.29) is 11.3 Å². The highest BCUT2D eigenvalue weighted by Gasteiger charge is 2.46. The Bertz CT molecular complexity index is 501. The van der Waals surface area contributed by atoms with Gasteiger partial charge in [-0.25, -0.2) is 0 Å². The highest BCUT2D eigenvalue weighted by Crippen LogP contribution is 2.48. The zero-order valence-electron chi connectivity index (χ0n) is 12.8. The summed E-state index contributed by atoms with van der Waals surface area (Å²) in [4.78, 5) is 13.9. The van der Waals surface area contributed by atoms with Crippen molar-refractivity contribution in [3.05, 3.63) is 35.9 Å². The van der Waals surface area contributed by atoms with Crippen LogP contribution in [-0.4, -0.2) is 29.1 Å². The summed E-state index contributed by atoms with van der Waals surface area (Å²) in [5.74, 6) is -0.158. The predicted molar refractivity (Wildman–Crippen MR) is 82.9 cm³/mol. The van der Waals surface area contributed by atoms with Gasteiger partial charge in [0.2, 0.25) is 0 Å². The second-order valence-corrected chi connectivity index (χ2v) is 7.05. The third-order valence-corrected chi connectivity index (χ3v) is 5.44. The maximum absolute atomic E-state index is 11.4. The van der Waals surface area contributed by atoms with E-state index in [0.717, 1.165) is 38.9 Å². The Balaban J connectivity index is 1.73. The highest BCUT2D eigenvalue weighted by atomic mass is 16.4. The van der Waals surface area contributed by atoms with E-state index in [2.05, 4.69) is 42.2 Å². The molecule has 3 unspecified atom stereocenters. The molecule has 1 heterocycles. The van der Waals surface area contributed by atoms with Gasteiger partial charge in [0.05, 0.1) is 5.92 Å². The van der Waals surface area contributed by atoms with Crippen molar-refractivity contribution < 1.29 is 9.90 Å². The molecule has 1 aromatic rings. The Kier molecular flexibility index (Phi) is 4.03. The molecule has 0 aromatic heterocycles. The molecule has 1 aromatic carbocycles. The van der Waals surface area contributed by atoms with Crippen LogP contribution >= 0.6 is 0 Å². The fourth-order valence-electron chi connectivity index (χ4n) is 4.51. The second kappa shape index (κ2) is 5.80. The van der Waals surface area contributed by atoms with Crippen LogP contribution in [0.1, 0.15) is 38.2 Å². The molecule has 0 amide bonds. The van der Waals surface area contributed by atoms with Gasteiger partial charge in [-0.15, -0.1) is 0 Å². The number of carbonyl (C=O) groups is 1. The average Bonchev–Trinajstić information content (AvgIpc) is 2.47. The molecule has 1 N–H and O–H groups in total. The Morgan fingerprint density at radius 1 is 1.33 bits per heavy atom. The number of benzene rings is 1. The van der Waals surface area contributed by atoms with E-state index in [1.807, 2.05) is 0 Å². The van der Waals surface area contributed by atoms with Crippen LogP contribution in [0, 0.1) is 17.3 Å². The minimum atomic E-state index is -0.589. The van der Waals surface area contributed by atoms with E-state index in [0.29, 0.717) is 5.92 Å². The fraction of sp³-hybridized carbons (Fsp3) is 0.611. The highest BCUT2D eigenvalue weighted by molar-refractivity contribution is 5.70. The molecule has 3 heteroatoms. The molecular formula is C18H25NO2. The Hall–Kier alpha value is -1.35. The van der Waals surface area contributed by atoms with Crippen molar-refractivity contribution in [2.45, 2.75) is 39.2 Å². The number of likely N-dealkylation sites (tertiary alicyclic amines) is 1. The monoisotopic (exact) mass is 287 g/mol. The van der Waals surface area contributed by atoms with Gasteiger partial charge in [0.1, 0.15) is 0 Å². The van der Waals surface area contributed by atoms with Gasteiger partial charge in [0.15, 0.2) is 0 Å². The predicted octanol–water partition coefficient (Wildman–Crippen LogP) is 3.40. The van der Waals surface area contributed by atoms with Gasteiger partial charge in [-0.05, 0) is 42.6 Å². The zero-order valence-corrected chi connectivity index (χ0v) is 12.8. The molecule has 2 aliphatic rings. The lowest BCUT2D eigenvalue weighted by Gasteiger charge is -2.51. The third-order valence-electron chi connectivity index (χ3n) is 5.44. The summed E-state index contributed by atoms with van der Waals surface area (Å²) in [5, 5.41) is 9.39. The normalized spacial score (nSPS) is 32.8. The smallest absolute Gasteiger partial charge is 0.306 e. The van der Waals surface area contributed by atoms with Crippen LogP contribution in [0.3, 0.4) is 0 Å². The summed E-state index contributed by atoms with van der Waals surface area (Å²) < 4.78 is 0. The summed E-state index contributed by atoms with van der Waals surface area (Å²) in [6, 6.07) is 10.6. The minimum Gasteiger partial charge on any atom is -0.481 e. The molecule has 21 heavy (non-hydrogen) atoms. The van der Waals surface area contributed by atoms with Gasteiger partial charge >= 0.3 is 5.97 Å². The lowest BCUT2D eigenvalue weighted by Crippen LogP contribution is -2.51. The Labute approximate surface area is 127 Å². The van der Waals surface area contributed by atoms with E-state index in [1.165, 1.54) is 12.0 Å². The number of aliphatic carboxylic acids is 1. The molecule has 1 saturated heterocycles. The molecule has 0 spiro atoms. The van der Waals surface area contributed by atoms with Crippen LogP contribution in [0.15, 0.2) is 30.3 Å². The molecular weight excluding hydrogens is 262 g/mol. The lowest BCUT2D eigenvalue weighted by atomic mass is 9.61. The van der Waals surface area contributed by atoms with Crippen LogP contribution in [0.5, 0.6) is 0 Å². The first kappa shape index (κ1) is 14.6. The van der Waals surface area contributed by atoms with Gasteiger partial charge in [-0.1, -0.05) is 37.3 Å². The number of fused-ring (bicyclic) bond motifs is 2. The summed E-state index contributed by atoms with van der Waals surface area (Å²) in [6.07, 6.45) is 4.04. The van der Waals surface area contributed by atoms with Crippen LogP contribution in [0.2, 0.25) is 0 Å². The number of hydrogen-bond donors (Lipinski definition) is 1. The van der Waals surface area contributed by atoms with E-state index in [9.17, 15) is 9.90 Å². The standard InChI is InChI=1S/C18H25NO2/c1-2-18-9-15(8-16(10-18)17(20)21)12-19(13-18)11-14-6-4-3-5-7-14/h3-7,15-16H,2,8-13H2,1H3,(H,20,21). The fourth-order valence-corrected chi connectivity index (χ4v) is 4.51. The maximum atomic E-state index is 11.4. The Morgan fingerprint density at radius 3 is 2.76 bits per heavy atom. The van der Waals surface area contributed by atoms with Gasteiger partial charge in [-0.3, -0.25) is 9.69 Å².